The highest BCUT2D eigenvalue weighted by molar-refractivity contribution is 5.37. The molecule has 1 fully saturated rings. The summed E-state index contributed by atoms with van der Waals surface area (Å²) in [5, 5.41) is 0. The molecule has 0 saturated carbocycles. The van der Waals surface area contributed by atoms with Crippen molar-refractivity contribution >= 4 is 5.95 Å². The molecule has 0 radical (unpaired) electrons. The van der Waals surface area contributed by atoms with Gasteiger partial charge in [0, 0.05) is 19.0 Å². The first-order valence-corrected chi connectivity index (χ1v) is 6.04. The van der Waals surface area contributed by atoms with E-state index in [1.807, 2.05) is 4.90 Å². The minimum atomic E-state index is -0.294. The van der Waals surface area contributed by atoms with Gasteiger partial charge in [-0.05, 0) is 12.8 Å². The van der Waals surface area contributed by atoms with Crippen LogP contribution in [0.2, 0.25) is 0 Å². The summed E-state index contributed by atoms with van der Waals surface area (Å²) in [6, 6.07) is 1.63. The fraction of sp³-hybridized carbons (Fsp3) is 0.667. The number of nitrogens with zero attached hydrogens (tertiary/aromatic N) is 3. The van der Waals surface area contributed by atoms with Crippen LogP contribution in [0.4, 0.5) is 10.3 Å². The molecule has 1 atom stereocenters. The van der Waals surface area contributed by atoms with Crippen molar-refractivity contribution in [3.63, 3.8) is 0 Å². The maximum Gasteiger partial charge on any atom is 0.231 e. The Morgan fingerprint density at radius 1 is 1.33 bits per heavy atom. The second-order valence-electron chi connectivity index (χ2n) is 4.36. The van der Waals surface area contributed by atoms with E-state index in [-0.39, 0.29) is 12.6 Å². The fourth-order valence-corrected chi connectivity index (χ4v) is 2.12. The Morgan fingerprint density at radius 3 is 2.56 bits per heavy atom. The molecular formula is C12H18FN3O2. The van der Waals surface area contributed by atoms with Crippen LogP contribution in [0.15, 0.2) is 6.07 Å². The van der Waals surface area contributed by atoms with Crippen LogP contribution in [0, 0.1) is 5.92 Å². The number of methoxy groups -OCH3 is 2. The smallest absolute Gasteiger partial charge is 0.231 e. The molecule has 1 aliphatic rings. The van der Waals surface area contributed by atoms with Gasteiger partial charge in [0.15, 0.2) is 0 Å². The Balaban J connectivity index is 2.20. The third-order valence-corrected chi connectivity index (χ3v) is 3.11. The third-order valence-electron chi connectivity index (χ3n) is 3.11. The zero-order chi connectivity index (χ0) is 13.0. The fourth-order valence-electron chi connectivity index (χ4n) is 2.12. The summed E-state index contributed by atoms with van der Waals surface area (Å²) in [6.07, 6.45) is 1.88. The van der Waals surface area contributed by atoms with Gasteiger partial charge in [-0.25, -0.2) is 0 Å². The van der Waals surface area contributed by atoms with Crippen LogP contribution in [0.1, 0.15) is 12.8 Å². The summed E-state index contributed by atoms with van der Waals surface area (Å²) in [5.41, 5.74) is 0. The number of aromatic nitrogens is 2. The van der Waals surface area contributed by atoms with Gasteiger partial charge in [0.1, 0.15) is 0 Å². The van der Waals surface area contributed by atoms with Crippen molar-refractivity contribution < 1.29 is 13.9 Å². The molecule has 0 N–H and O–H groups in total. The lowest BCUT2D eigenvalue weighted by Gasteiger charge is -2.31. The molecule has 2 rings (SSSR count). The summed E-state index contributed by atoms with van der Waals surface area (Å²) in [7, 11) is 3.10. The lowest BCUT2D eigenvalue weighted by Crippen LogP contribution is -2.37. The van der Waals surface area contributed by atoms with Gasteiger partial charge in [0.2, 0.25) is 17.7 Å². The van der Waals surface area contributed by atoms with Gasteiger partial charge in [-0.15, -0.1) is 0 Å². The minimum absolute atomic E-state index is 0.0690. The highest BCUT2D eigenvalue weighted by Gasteiger charge is 2.22. The van der Waals surface area contributed by atoms with Gasteiger partial charge in [-0.2, -0.15) is 9.97 Å². The van der Waals surface area contributed by atoms with Gasteiger partial charge in [0.05, 0.1) is 27.0 Å². The molecular weight excluding hydrogens is 237 g/mol. The number of hydrogen-bond donors (Lipinski definition) is 0. The van der Waals surface area contributed by atoms with E-state index in [2.05, 4.69) is 9.97 Å². The number of rotatable bonds is 4. The zero-order valence-electron chi connectivity index (χ0n) is 10.7. The molecule has 1 saturated heterocycles. The normalized spacial score (nSPS) is 19.7. The van der Waals surface area contributed by atoms with E-state index < -0.39 is 0 Å². The standard InChI is InChI=1S/C12H18FN3O2/c1-17-10-6-11(18-2)15-12(14-10)16-5-3-4-9(7-13)8-16/h6,9H,3-5,7-8H2,1-2H3. The third kappa shape index (κ3) is 2.80. The second kappa shape index (κ2) is 5.84. The first-order chi connectivity index (χ1) is 8.76. The maximum atomic E-state index is 12.7. The molecule has 6 heteroatoms. The summed E-state index contributed by atoms with van der Waals surface area (Å²) < 4.78 is 23.0. The van der Waals surface area contributed by atoms with Crippen LogP contribution in [0.3, 0.4) is 0 Å². The van der Waals surface area contributed by atoms with Crippen LogP contribution in [-0.2, 0) is 0 Å². The van der Waals surface area contributed by atoms with Crippen molar-refractivity contribution in [2.75, 3.05) is 38.9 Å². The average Bonchev–Trinajstić information content (AvgIpc) is 2.46. The van der Waals surface area contributed by atoms with Crippen LogP contribution >= 0.6 is 0 Å². The lowest BCUT2D eigenvalue weighted by molar-refractivity contribution is 0.312. The highest BCUT2D eigenvalue weighted by atomic mass is 19.1. The largest absolute Gasteiger partial charge is 0.481 e. The quantitative estimate of drug-likeness (QED) is 0.819. The number of anilines is 1. The van der Waals surface area contributed by atoms with Crippen LogP contribution in [0.25, 0.3) is 0 Å². The van der Waals surface area contributed by atoms with E-state index in [9.17, 15) is 4.39 Å². The molecule has 2 heterocycles. The van der Waals surface area contributed by atoms with Gasteiger partial charge in [-0.1, -0.05) is 0 Å². The van der Waals surface area contributed by atoms with Gasteiger partial charge >= 0.3 is 0 Å². The Morgan fingerprint density at radius 2 is 2.00 bits per heavy atom. The monoisotopic (exact) mass is 255 g/mol. The Hall–Kier alpha value is -1.59. The van der Waals surface area contributed by atoms with Crippen LogP contribution in [-0.4, -0.2) is 44.0 Å². The van der Waals surface area contributed by atoms with Crippen LogP contribution < -0.4 is 14.4 Å². The molecule has 1 aliphatic heterocycles. The van der Waals surface area contributed by atoms with Crippen LogP contribution in [0.5, 0.6) is 11.8 Å². The van der Waals surface area contributed by atoms with Crippen molar-refractivity contribution in [2.24, 2.45) is 5.92 Å². The summed E-state index contributed by atoms with van der Waals surface area (Å²) >= 11 is 0. The Kier molecular flexibility index (Phi) is 4.17. The van der Waals surface area contributed by atoms with E-state index in [4.69, 9.17) is 9.47 Å². The van der Waals surface area contributed by atoms with E-state index in [0.29, 0.717) is 24.3 Å². The van der Waals surface area contributed by atoms with E-state index in [1.165, 1.54) is 0 Å². The van der Waals surface area contributed by atoms with E-state index in [0.717, 1.165) is 19.4 Å². The number of halogens is 1. The highest BCUT2D eigenvalue weighted by Crippen LogP contribution is 2.24. The van der Waals surface area contributed by atoms with Crippen molar-refractivity contribution in [1.82, 2.24) is 9.97 Å². The van der Waals surface area contributed by atoms with Crippen molar-refractivity contribution in [3.8, 4) is 11.8 Å². The molecule has 18 heavy (non-hydrogen) atoms. The molecule has 100 valence electrons. The molecule has 5 nitrogen and oxygen atoms in total. The predicted octanol–water partition coefficient (Wildman–Crippen LogP) is 1.68. The summed E-state index contributed by atoms with van der Waals surface area (Å²) in [4.78, 5) is 10.5. The number of hydrogen-bond acceptors (Lipinski definition) is 5. The predicted molar refractivity (Wildman–Crippen MR) is 66.0 cm³/mol. The first-order valence-electron chi connectivity index (χ1n) is 6.04. The summed E-state index contributed by atoms with van der Waals surface area (Å²) in [6.45, 7) is 1.19. The molecule has 0 spiro atoms. The van der Waals surface area contributed by atoms with Gasteiger partial charge in [-0.3, -0.25) is 4.39 Å². The first kappa shape index (κ1) is 12.9. The molecule has 0 bridgehead atoms. The Bertz CT molecular complexity index is 381. The maximum absolute atomic E-state index is 12.7. The molecule has 0 aromatic carbocycles. The molecule has 1 aromatic heterocycles. The van der Waals surface area contributed by atoms with E-state index in [1.54, 1.807) is 20.3 Å². The molecule has 0 amide bonds. The van der Waals surface area contributed by atoms with E-state index >= 15 is 0 Å². The average molecular weight is 255 g/mol. The topological polar surface area (TPSA) is 47.5 Å². The molecule has 0 aliphatic carbocycles. The number of piperidine rings is 1. The molecule has 1 aromatic rings. The minimum Gasteiger partial charge on any atom is -0.481 e. The van der Waals surface area contributed by atoms with Gasteiger partial charge in [0.25, 0.3) is 0 Å². The number of ether oxygens (including phenoxy) is 2. The lowest BCUT2D eigenvalue weighted by atomic mass is 10.00. The second-order valence-corrected chi connectivity index (χ2v) is 4.36. The molecule has 1 unspecified atom stereocenters. The summed E-state index contributed by atoms with van der Waals surface area (Å²) in [5.74, 6) is 1.53. The van der Waals surface area contributed by atoms with Crippen molar-refractivity contribution in [3.05, 3.63) is 6.07 Å². The number of alkyl halides is 1. The Labute approximate surface area is 106 Å². The van der Waals surface area contributed by atoms with Gasteiger partial charge < -0.3 is 14.4 Å². The van der Waals surface area contributed by atoms with Crippen molar-refractivity contribution in [1.29, 1.82) is 0 Å². The van der Waals surface area contributed by atoms with Crippen molar-refractivity contribution in [2.45, 2.75) is 12.8 Å². The SMILES string of the molecule is COc1cc(OC)nc(N2CCCC(CF)C2)n1. The zero-order valence-corrected chi connectivity index (χ0v) is 10.7.